The molecule has 0 unspecified atom stereocenters. The molecule has 0 aromatic carbocycles. The second kappa shape index (κ2) is 6.42. The van der Waals surface area contributed by atoms with Gasteiger partial charge >= 0.3 is 0 Å². The van der Waals surface area contributed by atoms with Crippen molar-refractivity contribution in [3.8, 4) is 0 Å². The number of hydrogen-bond acceptors (Lipinski definition) is 4. The highest BCUT2D eigenvalue weighted by Gasteiger charge is 2.22. The lowest BCUT2D eigenvalue weighted by atomic mass is 9.95. The van der Waals surface area contributed by atoms with Gasteiger partial charge in [0.1, 0.15) is 5.52 Å². The first-order chi connectivity index (χ1) is 11.7. The Balaban J connectivity index is 1.62. The van der Waals surface area contributed by atoms with Crippen molar-refractivity contribution >= 4 is 17.2 Å². The molecule has 2 aromatic heterocycles. The summed E-state index contributed by atoms with van der Waals surface area (Å²) in [6.45, 7) is 4.03. The molecule has 4 rings (SSSR count). The van der Waals surface area contributed by atoms with Gasteiger partial charge in [-0.05, 0) is 32.6 Å². The molecule has 6 heteroatoms. The molecule has 1 aliphatic carbocycles. The van der Waals surface area contributed by atoms with Crippen molar-refractivity contribution in [3.63, 3.8) is 0 Å². The SMILES string of the molecule is Cc1cn2nc(C(=O)NC3CCCCC3)cc2c(N2CCCC2)n1. The van der Waals surface area contributed by atoms with Crippen LogP contribution in [0.15, 0.2) is 12.3 Å². The molecular weight excluding hydrogens is 302 g/mol. The van der Waals surface area contributed by atoms with Crippen LogP contribution in [0.5, 0.6) is 0 Å². The fraction of sp³-hybridized carbons (Fsp3) is 0.611. The lowest BCUT2D eigenvalue weighted by Crippen LogP contribution is -2.36. The van der Waals surface area contributed by atoms with E-state index < -0.39 is 0 Å². The number of nitrogens with one attached hydrogen (secondary N) is 1. The third-order valence-corrected chi connectivity index (χ3v) is 5.13. The number of nitrogens with zero attached hydrogens (tertiary/aromatic N) is 4. The van der Waals surface area contributed by atoms with E-state index in [1.165, 1.54) is 32.1 Å². The van der Waals surface area contributed by atoms with E-state index in [2.05, 4.69) is 15.3 Å². The number of carbonyl (C=O) groups is 1. The third kappa shape index (κ3) is 2.97. The van der Waals surface area contributed by atoms with Crippen LogP contribution in [-0.2, 0) is 0 Å². The minimum atomic E-state index is -0.0596. The van der Waals surface area contributed by atoms with Gasteiger partial charge in [0.2, 0.25) is 0 Å². The average Bonchev–Trinajstić information content (AvgIpc) is 3.24. The summed E-state index contributed by atoms with van der Waals surface area (Å²) >= 11 is 0. The summed E-state index contributed by atoms with van der Waals surface area (Å²) < 4.78 is 1.81. The van der Waals surface area contributed by atoms with Crippen molar-refractivity contribution in [2.45, 2.75) is 57.9 Å². The van der Waals surface area contributed by atoms with Gasteiger partial charge in [-0.2, -0.15) is 5.10 Å². The molecule has 6 nitrogen and oxygen atoms in total. The highest BCUT2D eigenvalue weighted by atomic mass is 16.2. The van der Waals surface area contributed by atoms with E-state index in [1.807, 2.05) is 23.7 Å². The molecule has 128 valence electrons. The first-order valence-corrected chi connectivity index (χ1v) is 9.13. The summed E-state index contributed by atoms with van der Waals surface area (Å²) in [7, 11) is 0. The zero-order chi connectivity index (χ0) is 16.5. The van der Waals surface area contributed by atoms with Crippen LogP contribution in [0.1, 0.15) is 61.1 Å². The van der Waals surface area contributed by atoms with Crippen LogP contribution in [0.2, 0.25) is 0 Å². The van der Waals surface area contributed by atoms with Crippen molar-refractivity contribution in [3.05, 3.63) is 23.7 Å². The van der Waals surface area contributed by atoms with Gasteiger partial charge in [-0.15, -0.1) is 0 Å². The molecule has 0 spiro atoms. The number of carbonyl (C=O) groups excluding carboxylic acids is 1. The standard InChI is InChI=1S/C18H25N5O/c1-13-12-23-16(17(19-13)22-9-5-6-10-22)11-15(21-23)18(24)20-14-7-3-2-4-8-14/h11-12,14H,2-10H2,1H3,(H,20,24). The molecule has 1 saturated carbocycles. The molecule has 2 aromatic rings. The Morgan fingerprint density at radius 1 is 1.17 bits per heavy atom. The van der Waals surface area contributed by atoms with Gasteiger partial charge in [0.15, 0.2) is 11.5 Å². The Kier molecular flexibility index (Phi) is 4.12. The van der Waals surface area contributed by atoms with Gasteiger partial charge < -0.3 is 10.2 Å². The summed E-state index contributed by atoms with van der Waals surface area (Å²) in [6.07, 6.45) is 10.2. The molecule has 1 N–H and O–H groups in total. The molecule has 24 heavy (non-hydrogen) atoms. The monoisotopic (exact) mass is 327 g/mol. The smallest absolute Gasteiger partial charge is 0.272 e. The Morgan fingerprint density at radius 3 is 2.67 bits per heavy atom. The van der Waals surface area contributed by atoms with Gasteiger partial charge in [-0.25, -0.2) is 9.50 Å². The van der Waals surface area contributed by atoms with Gasteiger partial charge in [0.25, 0.3) is 5.91 Å². The van der Waals surface area contributed by atoms with Crippen molar-refractivity contribution in [1.29, 1.82) is 0 Å². The lowest BCUT2D eigenvalue weighted by molar-refractivity contribution is 0.0922. The molecule has 2 fully saturated rings. The van der Waals surface area contributed by atoms with E-state index in [-0.39, 0.29) is 5.91 Å². The van der Waals surface area contributed by atoms with E-state index in [9.17, 15) is 4.79 Å². The zero-order valence-corrected chi connectivity index (χ0v) is 14.3. The number of rotatable bonds is 3. The maximum absolute atomic E-state index is 12.6. The van der Waals surface area contributed by atoms with Crippen LogP contribution in [0.25, 0.3) is 5.52 Å². The number of amides is 1. The molecular formula is C18H25N5O. The van der Waals surface area contributed by atoms with Crippen molar-refractivity contribution in [2.24, 2.45) is 0 Å². The molecule has 1 saturated heterocycles. The van der Waals surface area contributed by atoms with Crippen LogP contribution in [-0.4, -0.2) is 39.6 Å². The number of anilines is 1. The predicted octanol–water partition coefficient (Wildman–Crippen LogP) is 2.70. The second-order valence-electron chi connectivity index (χ2n) is 7.07. The summed E-state index contributed by atoms with van der Waals surface area (Å²) in [6, 6.07) is 2.19. The highest BCUT2D eigenvalue weighted by Crippen LogP contribution is 2.25. The first kappa shape index (κ1) is 15.4. The number of aryl methyl sites for hydroxylation is 1. The van der Waals surface area contributed by atoms with E-state index in [1.54, 1.807) is 0 Å². The fourth-order valence-electron chi connectivity index (χ4n) is 3.87. The van der Waals surface area contributed by atoms with E-state index in [0.29, 0.717) is 11.7 Å². The Labute approximate surface area is 142 Å². The lowest BCUT2D eigenvalue weighted by Gasteiger charge is -2.22. The van der Waals surface area contributed by atoms with Gasteiger partial charge in [0.05, 0.1) is 11.9 Å². The predicted molar refractivity (Wildman–Crippen MR) is 93.5 cm³/mol. The van der Waals surface area contributed by atoms with Gasteiger partial charge in [0, 0.05) is 25.2 Å². The highest BCUT2D eigenvalue weighted by molar-refractivity contribution is 5.94. The minimum absolute atomic E-state index is 0.0596. The molecule has 1 amide bonds. The Bertz CT molecular complexity index is 741. The van der Waals surface area contributed by atoms with E-state index >= 15 is 0 Å². The largest absolute Gasteiger partial charge is 0.355 e. The normalized spacial score (nSPS) is 19.1. The first-order valence-electron chi connectivity index (χ1n) is 9.13. The average molecular weight is 327 g/mol. The van der Waals surface area contributed by atoms with Crippen molar-refractivity contribution in [1.82, 2.24) is 19.9 Å². The number of fused-ring (bicyclic) bond motifs is 1. The fourth-order valence-corrected chi connectivity index (χ4v) is 3.87. The third-order valence-electron chi connectivity index (χ3n) is 5.13. The zero-order valence-electron chi connectivity index (χ0n) is 14.3. The molecule has 1 aliphatic heterocycles. The van der Waals surface area contributed by atoms with Gasteiger partial charge in [-0.1, -0.05) is 19.3 Å². The summed E-state index contributed by atoms with van der Waals surface area (Å²) in [5.41, 5.74) is 2.34. The maximum Gasteiger partial charge on any atom is 0.272 e. The topological polar surface area (TPSA) is 62.5 Å². The minimum Gasteiger partial charge on any atom is -0.355 e. The Hall–Kier alpha value is -2.11. The Morgan fingerprint density at radius 2 is 1.92 bits per heavy atom. The van der Waals surface area contributed by atoms with Crippen LogP contribution < -0.4 is 10.2 Å². The molecule has 3 heterocycles. The van der Waals surface area contributed by atoms with Crippen LogP contribution >= 0.6 is 0 Å². The molecule has 0 bridgehead atoms. The molecule has 0 atom stereocenters. The van der Waals surface area contributed by atoms with Crippen molar-refractivity contribution < 1.29 is 4.79 Å². The molecule has 2 aliphatic rings. The van der Waals surface area contributed by atoms with Crippen LogP contribution in [0, 0.1) is 6.92 Å². The summed E-state index contributed by atoms with van der Waals surface area (Å²) in [5.74, 6) is 0.896. The quantitative estimate of drug-likeness (QED) is 0.941. The molecule has 0 radical (unpaired) electrons. The van der Waals surface area contributed by atoms with E-state index in [0.717, 1.165) is 43.0 Å². The second-order valence-corrected chi connectivity index (χ2v) is 7.07. The van der Waals surface area contributed by atoms with Gasteiger partial charge in [-0.3, -0.25) is 4.79 Å². The van der Waals surface area contributed by atoms with Crippen LogP contribution in [0.3, 0.4) is 0 Å². The number of hydrogen-bond donors (Lipinski definition) is 1. The summed E-state index contributed by atoms with van der Waals surface area (Å²) in [4.78, 5) is 19.6. The van der Waals surface area contributed by atoms with Crippen molar-refractivity contribution in [2.75, 3.05) is 18.0 Å². The van der Waals surface area contributed by atoms with Crippen LogP contribution in [0.4, 0.5) is 5.82 Å². The number of aromatic nitrogens is 3. The summed E-state index contributed by atoms with van der Waals surface area (Å²) in [5, 5.41) is 7.66. The van der Waals surface area contributed by atoms with E-state index in [4.69, 9.17) is 4.98 Å². The maximum atomic E-state index is 12.6.